The molecule has 0 amide bonds. The van der Waals surface area contributed by atoms with E-state index in [1.54, 1.807) is 0 Å². The molecule has 2 atom stereocenters. The minimum atomic E-state index is -0.428. The maximum absolute atomic E-state index is 2.49. The van der Waals surface area contributed by atoms with E-state index >= 15 is 0 Å². The first-order chi connectivity index (χ1) is 34.2. The third-order valence-corrected chi connectivity index (χ3v) is 15.2. The second-order valence-electron chi connectivity index (χ2n) is 18.8. The molecular weight excluding hydrogens is 833 g/mol. The largest absolute Gasteiger partial charge is 0.333 e. The first-order valence-electron chi connectivity index (χ1n) is 24.2. The van der Waals surface area contributed by atoms with E-state index in [1.807, 2.05) is 0 Å². The van der Waals surface area contributed by atoms with Gasteiger partial charge in [0.1, 0.15) is 0 Å². The summed E-state index contributed by atoms with van der Waals surface area (Å²) in [5.41, 5.74) is 24.6. The molecule has 0 saturated heterocycles. The molecule has 1 aliphatic heterocycles. The van der Waals surface area contributed by atoms with Gasteiger partial charge in [-0.1, -0.05) is 206 Å². The minimum Gasteiger partial charge on any atom is -0.333 e. The molecule has 0 saturated carbocycles. The zero-order valence-electron chi connectivity index (χ0n) is 38.0. The Bertz CT molecular complexity index is 3600. The van der Waals surface area contributed by atoms with Gasteiger partial charge in [0.15, 0.2) is 0 Å². The molecule has 3 aliphatic carbocycles. The van der Waals surface area contributed by atoms with Crippen molar-refractivity contribution in [2.24, 2.45) is 0 Å². The van der Waals surface area contributed by atoms with Gasteiger partial charge in [-0.2, -0.15) is 0 Å². The molecule has 0 bridgehead atoms. The lowest BCUT2D eigenvalue weighted by Crippen LogP contribution is -2.28. The van der Waals surface area contributed by atoms with Crippen LogP contribution in [0.15, 0.2) is 267 Å². The van der Waals surface area contributed by atoms with E-state index in [1.165, 1.54) is 94.8 Å². The highest BCUT2D eigenvalue weighted by Gasteiger charge is 2.51. The fraction of sp³-hybridized carbons (Fsp3) is 0.0448. The molecule has 2 unspecified atom stereocenters. The van der Waals surface area contributed by atoms with Crippen molar-refractivity contribution in [3.63, 3.8) is 0 Å². The van der Waals surface area contributed by atoms with Crippen molar-refractivity contribution < 1.29 is 0 Å². The van der Waals surface area contributed by atoms with Gasteiger partial charge >= 0.3 is 0 Å². The van der Waals surface area contributed by atoms with Crippen LogP contribution in [-0.4, -0.2) is 6.04 Å². The average Bonchev–Trinajstić information content (AvgIpc) is 4.03. The van der Waals surface area contributed by atoms with E-state index in [4.69, 9.17) is 0 Å². The molecule has 1 heterocycles. The maximum Gasteiger partial charge on any atom is 0.0726 e. The van der Waals surface area contributed by atoms with Crippen LogP contribution < -0.4 is 9.80 Å². The number of para-hydroxylation sites is 1. The molecule has 4 aliphatic rings. The number of nitrogens with zero attached hydrogens (tertiary/aromatic N) is 2. The lowest BCUT2D eigenvalue weighted by molar-refractivity contribution is 0.745. The van der Waals surface area contributed by atoms with Gasteiger partial charge in [0.2, 0.25) is 0 Å². The summed E-state index contributed by atoms with van der Waals surface area (Å²) in [6, 6.07) is 90.3. The van der Waals surface area contributed by atoms with E-state index < -0.39 is 5.41 Å². The average molecular weight is 879 g/mol. The van der Waals surface area contributed by atoms with Crippen LogP contribution in [0.5, 0.6) is 0 Å². The molecule has 0 aromatic heterocycles. The van der Waals surface area contributed by atoms with E-state index in [2.05, 4.69) is 277 Å². The van der Waals surface area contributed by atoms with Crippen molar-refractivity contribution in [2.75, 3.05) is 9.80 Å². The third kappa shape index (κ3) is 6.05. The topological polar surface area (TPSA) is 6.48 Å². The number of hydrogen-bond acceptors (Lipinski definition) is 2. The van der Waals surface area contributed by atoms with Crippen LogP contribution in [0, 0.1) is 0 Å². The van der Waals surface area contributed by atoms with Crippen LogP contribution in [0.2, 0.25) is 0 Å². The maximum atomic E-state index is 2.49. The third-order valence-electron chi connectivity index (χ3n) is 15.2. The number of rotatable bonds is 7. The molecule has 1 spiro atoms. The van der Waals surface area contributed by atoms with Gasteiger partial charge < -0.3 is 9.80 Å². The summed E-state index contributed by atoms with van der Waals surface area (Å²) in [5.74, 6) is 0.315. The molecular formula is C67H46N2. The zero-order chi connectivity index (χ0) is 45.5. The van der Waals surface area contributed by atoms with Gasteiger partial charge in [-0.15, -0.1) is 0 Å². The van der Waals surface area contributed by atoms with E-state index in [-0.39, 0.29) is 6.04 Å². The smallest absolute Gasteiger partial charge is 0.0726 e. The van der Waals surface area contributed by atoms with Gasteiger partial charge in [0.05, 0.1) is 11.5 Å². The molecule has 2 heteroatoms. The molecule has 324 valence electrons. The lowest BCUT2D eigenvalue weighted by Gasteiger charge is -2.32. The Kier molecular flexibility index (Phi) is 8.97. The van der Waals surface area contributed by atoms with Crippen molar-refractivity contribution in [2.45, 2.75) is 17.4 Å². The first-order valence-corrected chi connectivity index (χ1v) is 24.2. The number of benzene rings is 10. The van der Waals surface area contributed by atoms with Crippen LogP contribution in [-0.2, 0) is 5.41 Å². The summed E-state index contributed by atoms with van der Waals surface area (Å²) < 4.78 is 0. The summed E-state index contributed by atoms with van der Waals surface area (Å²) in [5, 5.41) is 0. The highest BCUT2D eigenvalue weighted by Crippen LogP contribution is 2.63. The summed E-state index contributed by atoms with van der Waals surface area (Å²) in [6.07, 6.45) is 9.08. The zero-order valence-corrected chi connectivity index (χ0v) is 38.0. The van der Waals surface area contributed by atoms with Crippen LogP contribution in [0.25, 0.3) is 55.6 Å². The molecule has 0 radical (unpaired) electrons. The van der Waals surface area contributed by atoms with Crippen LogP contribution in [0.4, 0.5) is 28.4 Å². The number of anilines is 5. The number of allylic oxidation sites excluding steroid dienone is 2. The van der Waals surface area contributed by atoms with Gasteiger partial charge in [-0.25, -0.2) is 0 Å². The fourth-order valence-electron chi connectivity index (χ4n) is 12.2. The molecule has 2 nitrogen and oxygen atoms in total. The predicted octanol–water partition coefficient (Wildman–Crippen LogP) is 17.2. The summed E-state index contributed by atoms with van der Waals surface area (Å²) in [6.45, 7) is 0. The monoisotopic (exact) mass is 878 g/mol. The molecule has 10 aromatic carbocycles. The highest BCUT2D eigenvalue weighted by atomic mass is 15.2. The van der Waals surface area contributed by atoms with Crippen molar-refractivity contribution in [3.05, 3.63) is 295 Å². The Morgan fingerprint density at radius 2 is 0.768 bits per heavy atom. The number of hydrogen-bond donors (Lipinski definition) is 0. The van der Waals surface area contributed by atoms with Gasteiger partial charge in [0, 0.05) is 34.4 Å². The summed E-state index contributed by atoms with van der Waals surface area (Å²) >= 11 is 0. The predicted molar refractivity (Wildman–Crippen MR) is 287 cm³/mol. The Morgan fingerprint density at radius 1 is 0.333 bits per heavy atom. The van der Waals surface area contributed by atoms with Gasteiger partial charge in [-0.3, -0.25) is 0 Å². The van der Waals surface area contributed by atoms with Crippen molar-refractivity contribution >= 4 is 28.4 Å². The molecule has 10 aromatic rings. The first kappa shape index (κ1) is 39.4. The summed E-state index contributed by atoms with van der Waals surface area (Å²) in [7, 11) is 0. The summed E-state index contributed by atoms with van der Waals surface area (Å²) in [4.78, 5) is 4.92. The van der Waals surface area contributed by atoms with E-state index in [9.17, 15) is 0 Å². The normalized spacial score (nSPS) is 16.1. The van der Waals surface area contributed by atoms with Crippen molar-refractivity contribution in [1.29, 1.82) is 0 Å². The molecule has 0 fully saturated rings. The van der Waals surface area contributed by atoms with E-state index in [0.29, 0.717) is 5.92 Å². The second kappa shape index (κ2) is 15.7. The minimum absolute atomic E-state index is 0.274. The van der Waals surface area contributed by atoms with Crippen LogP contribution >= 0.6 is 0 Å². The Morgan fingerprint density at radius 3 is 1.35 bits per heavy atom. The number of fused-ring (bicyclic) bond motifs is 13. The van der Waals surface area contributed by atoms with Crippen molar-refractivity contribution in [1.82, 2.24) is 0 Å². The Hall–Kier alpha value is -8.72. The van der Waals surface area contributed by atoms with Crippen molar-refractivity contribution in [3.8, 4) is 55.6 Å². The van der Waals surface area contributed by atoms with Crippen LogP contribution in [0.1, 0.15) is 33.7 Å². The van der Waals surface area contributed by atoms with Gasteiger partial charge in [-0.05, 0) is 144 Å². The van der Waals surface area contributed by atoms with E-state index in [0.717, 1.165) is 17.1 Å². The Labute approximate surface area is 404 Å². The quantitative estimate of drug-likeness (QED) is 0.157. The SMILES string of the molecule is C1=CC2c3cc(-c4ccc(-c5ccc(N(c6ccc(-c7ccccc7)cc6)c6ccc7c(c6)C6(c8ccccc8-c8ccccc86)c6ccccc6-7)cc5)cc4)ccc3N(c3ccccc3)C2C=C1. The Balaban J connectivity index is 0.839. The molecule has 14 rings (SSSR count). The molecule has 0 N–H and O–H groups in total. The lowest BCUT2D eigenvalue weighted by atomic mass is 9.70. The van der Waals surface area contributed by atoms with Crippen LogP contribution in [0.3, 0.4) is 0 Å². The highest BCUT2D eigenvalue weighted by molar-refractivity contribution is 5.96. The second-order valence-corrected chi connectivity index (χ2v) is 18.8. The standard InChI is InChI=1S/C67H46N2/c1-3-15-45(16-4-1)47-31-36-52(37-32-47)68(54-40-41-58-57-21-9-13-25-63(57)67(64(58)44-54)61-23-11-7-19-55(61)56-20-8-12-24-62(56)67)53-38-33-48(34-39-53)46-27-29-49(30-28-46)50-35-42-66-60(43-50)59-22-10-14-26-65(59)69(66)51-17-5-2-6-18-51/h1-44,59,65H. The van der Waals surface area contributed by atoms with Gasteiger partial charge in [0.25, 0.3) is 0 Å². The fourth-order valence-corrected chi connectivity index (χ4v) is 12.2. The molecule has 69 heavy (non-hydrogen) atoms.